The van der Waals surface area contributed by atoms with Crippen molar-refractivity contribution in [2.75, 3.05) is 19.6 Å². The minimum Gasteiger partial charge on any atom is -0.440 e. The highest BCUT2D eigenvalue weighted by Gasteiger charge is 2.23. The lowest BCUT2D eigenvalue weighted by atomic mass is 10.2. The van der Waals surface area contributed by atoms with Gasteiger partial charge in [0.15, 0.2) is 11.0 Å². The van der Waals surface area contributed by atoms with Crippen LogP contribution in [0.4, 0.5) is 0 Å². The van der Waals surface area contributed by atoms with Crippen LogP contribution in [0.2, 0.25) is 5.22 Å². The van der Waals surface area contributed by atoms with Crippen molar-refractivity contribution in [1.29, 1.82) is 0 Å². The van der Waals surface area contributed by atoms with Gasteiger partial charge in [-0.1, -0.05) is 0 Å². The Morgan fingerprint density at radius 2 is 2.47 bits per heavy atom. The number of hydrogen-bond donors (Lipinski definition) is 1. The van der Waals surface area contributed by atoms with Gasteiger partial charge in [0, 0.05) is 19.1 Å². The first kappa shape index (κ1) is 12.5. The number of nitrogens with zero attached hydrogens (tertiary/aromatic N) is 1. The molecule has 0 bridgehead atoms. The van der Waals surface area contributed by atoms with Crippen molar-refractivity contribution < 1.29 is 9.21 Å². The smallest absolute Gasteiger partial charge is 0.289 e. The molecule has 1 amide bonds. The molecular formula is C12H17ClN2O2. The molecule has 1 aliphatic rings. The third-order valence-corrected chi connectivity index (χ3v) is 3.26. The van der Waals surface area contributed by atoms with Crippen LogP contribution in [0, 0.1) is 0 Å². The summed E-state index contributed by atoms with van der Waals surface area (Å²) in [6, 6.07) is 3.62. The molecule has 0 radical (unpaired) electrons. The topological polar surface area (TPSA) is 45.5 Å². The molecule has 5 heteroatoms. The molecule has 17 heavy (non-hydrogen) atoms. The maximum absolute atomic E-state index is 12.1. The van der Waals surface area contributed by atoms with Crippen molar-refractivity contribution >= 4 is 17.5 Å². The fourth-order valence-electron chi connectivity index (χ4n) is 2.12. The number of rotatable bonds is 4. The Balaban J connectivity index is 1.99. The van der Waals surface area contributed by atoms with E-state index >= 15 is 0 Å². The van der Waals surface area contributed by atoms with E-state index in [2.05, 4.69) is 5.32 Å². The van der Waals surface area contributed by atoms with Crippen molar-refractivity contribution in [1.82, 2.24) is 10.2 Å². The minimum absolute atomic E-state index is 0.0897. The molecule has 94 valence electrons. The van der Waals surface area contributed by atoms with Crippen LogP contribution in [-0.4, -0.2) is 36.5 Å². The summed E-state index contributed by atoms with van der Waals surface area (Å²) in [6.07, 6.45) is 2.31. The molecule has 1 atom stereocenters. The van der Waals surface area contributed by atoms with Gasteiger partial charge < -0.3 is 14.6 Å². The second kappa shape index (κ2) is 5.56. The zero-order valence-electron chi connectivity index (χ0n) is 9.91. The number of furan rings is 1. The summed E-state index contributed by atoms with van der Waals surface area (Å²) in [7, 11) is 0. The summed E-state index contributed by atoms with van der Waals surface area (Å²) in [5.41, 5.74) is 0. The maximum atomic E-state index is 12.1. The molecule has 0 saturated carbocycles. The monoisotopic (exact) mass is 256 g/mol. The van der Waals surface area contributed by atoms with Gasteiger partial charge in [0.05, 0.1) is 0 Å². The molecule has 2 heterocycles. The van der Waals surface area contributed by atoms with Gasteiger partial charge in [-0.3, -0.25) is 4.79 Å². The first-order valence-electron chi connectivity index (χ1n) is 5.98. The van der Waals surface area contributed by atoms with Crippen molar-refractivity contribution in [3.05, 3.63) is 23.1 Å². The van der Waals surface area contributed by atoms with Gasteiger partial charge in [-0.25, -0.2) is 0 Å². The molecule has 4 nitrogen and oxygen atoms in total. The lowest BCUT2D eigenvalue weighted by Crippen LogP contribution is -2.40. The normalized spacial score (nSPS) is 19.5. The van der Waals surface area contributed by atoms with Gasteiger partial charge in [0.1, 0.15) is 0 Å². The van der Waals surface area contributed by atoms with Crippen molar-refractivity contribution in [2.24, 2.45) is 0 Å². The van der Waals surface area contributed by atoms with E-state index in [1.807, 2.05) is 6.92 Å². The highest BCUT2D eigenvalue weighted by molar-refractivity contribution is 6.29. The molecule has 1 aliphatic heterocycles. The Morgan fingerprint density at radius 3 is 3.00 bits per heavy atom. The Hall–Kier alpha value is -1.00. The summed E-state index contributed by atoms with van der Waals surface area (Å²) < 4.78 is 5.15. The molecule has 1 aromatic rings. The Bertz CT molecular complexity index is 386. The molecule has 1 fully saturated rings. The lowest BCUT2D eigenvalue weighted by molar-refractivity contribution is 0.0719. The average Bonchev–Trinajstić information content (AvgIpc) is 2.96. The number of carbonyl (C=O) groups is 1. The molecule has 2 rings (SSSR count). The molecule has 0 aromatic carbocycles. The van der Waals surface area contributed by atoms with E-state index in [9.17, 15) is 4.79 Å². The number of amides is 1. The van der Waals surface area contributed by atoms with E-state index in [-0.39, 0.29) is 11.1 Å². The van der Waals surface area contributed by atoms with E-state index in [0.717, 1.165) is 19.5 Å². The standard InChI is InChI=1S/C12H17ClN2O2/c1-2-15(8-9-4-3-7-14-9)12(16)10-5-6-11(13)17-10/h5-6,9,14H,2-4,7-8H2,1H3. The Kier molecular flexibility index (Phi) is 4.07. The minimum atomic E-state index is -0.0897. The fraction of sp³-hybridized carbons (Fsp3) is 0.583. The first-order chi connectivity index (χ1) is 8.20. The van der Waals surface area contributed by atoms with E-state index in [1.54, 1.807) is 17.0 Å². The number of likely N-dealkylation sites (N-methyl/N-ethyl adjacent to an activating group) is 1. The molecular weight excluding hydrogens is 240 g/mol. The molecule has 1 saturated heterocycles. The zero-order valence-corrected chi connectivity index (χ0v) is 10.7. The largest absolute Gasteiger partial charge is 0.440 e. The summed E-state index contributed by atoms with van der Waals surface area (Å²) in [4.78, 5) is 13.9. The van der Waals surface area contributed by atoms with Gasteiger partial charge in [-0.05, 0) is 50.0 Å². The predicted molar refractivity (Wildman–Crippen MR) is 66.3 cm³/mol. The van der Waals surface area contributed by atoms with Crippen LogP contribution in [0.25, 0.3) is 0 Å². The number of halogens is 1. The quantitative estimate of drug-likeness (QED) is 0.898. The highest BCUT2D eigenvalue weighted by atomic mass is 35.5. The van der Waals surface area contributed by atoms with Gasteiger partial charge in [-0.15, -0.1) is 0 Å². The second-order valence-electron chi connectivity index (χ2n) is 4.24. The second-order valence-corrected chi connectivity index (χ2v) is 4.61. The average molecular weight is 257 g/mol. The molecule has 0 aliphatic carbocycles. The van der Waals surface area contributed by atoms with Crippen LogP contribution in [-0.2, 0) is 0 Å². The first-order valence-corrected chi connectivity index (χ1v) is 6.36. The fourth-order valence-corrected chi connectivity index (χ4v) is 2.27. The van der Waals surface area contributed by atoms with E-state index < -0.39 is 0 Å². The summed E-state index contributed by atoms with van der Waals surface area (Å²) in [5.74, 6) is 0.225. The van der Waals surface area contributed by atoms with Crippen LogP contribution in [0.3, 0.4) is 0 Å². The van der Waals surface area contributed by atoms with Gasteiger partial charge in [0.2, 0.25) is 0 Å². The van der Waals surface area contributed by atoms with Crippen LogP contribution >= 0.6 is 11.6 Å². The molecule has 1 N–H and O–H groups in total. The SMILES string of the molecule is CCN(CC1CCCN1)C(=O)c1ccc(Cl)o1. The van der Waals surface area contributed by atoms with Crippen molar-refractivity contribution in [2.45, 2.75) is 25.8 Å². The molecule has 0 spiro atoms. The number of hydrogen-bond acceptors (Lipinski definition) is 3. The third-order valence-electron chi connectivity index (χ3n) is 3.06. The molecule has 1 aromatic heterocycles. The predicted octanol–water partition coefficient (Wildman–Crippen LogP) is 2.15. The van der Waals surface area contributed by atoms with Gasteiger partial charge in [0.25, 0.3) is 5.91 Å². The summed E-state index contributed by atoms with van der Waals surface area (Å²) in [6.45, 7) is 4.42. The van der Waals surface area contributed by atoms with Crippen molar-refractivity contribution in [3.8, 4) is 0 Å². The van der Waals surface area contributed by atoms with Crippen molar-refractivity contribution in [3.63, 3.8) is 0 Å². The number of carbonyl (C=O) groups excluding carboxylic acids is 1. The van der Waals surface area contributed by atoms with Crippen LogP contribution < -0.4 is 5.32 Å². The lowest BCUT2D eigenvalue weighted by Gasteiger charge is -2.23. The van der Waals surface area contributed by atoms with E-state index in [1.165, 1.54) is 6.42 Å². The van der Waals surface area contributed by atoms with Gasteiger partial charge in [-0.2, -0.15) is 0 Å². The van der Waals surface area contributed by atoms with Gasteiger partial charge >= 0.3 is 0 Å². The maximum Gasteiger partial charge on any atom is 0.289 e. The number of nitrogens with one attached hydrogen (secondary N) is 1. The van der Waals surface area contributed by atoms with Crippen LogP contribution in [0.1, 0.15) is 30.3 Å². The summed E-state index contributed by atoms with van der Waals surface area (Å²) in [5, 5.41) is 3.64. The summed E-state index contributed by atoms with van der Waals surface area (Å²) >= 11 is 5.67. The zero-order chi connectivity index (χ0) is 12.3. The van der Waals surface area contributed by atoms with E-state index in [4.69, 9.17) is 16.0 Å². The highest BCUT2D eigenvalue weighted by Crippen LogP contribution is 2.16. The Labute approximate surface area is 106 Å². The van der Waals surface area contributed by atoms with E-state index in [0.29, 0.717) is 18.3 Å². The Morgan fingerprint density at radius 1 is 1.65 bits per heavy atom. The molecule has 1 unspecified atom stereocenters. The van der Waals surface area contributed by atoms with Crippen LogP contribution in [0.15, 0.2) is 16.5 Å². The van der Waals surface area contributed by atoms with Crippen LogP contribution in [0.5, 0.6) is 0 Å². The third kappa shape index (κ3) is 3.01.